The van der Waals surface area contributed by atoms with Crippen molar-refractivity contribution in [3.8, 4) is 0 Å². The smallest absolute Gasteiger partial charge is 0.301 e. The standard InChI is InChI=1S/C24H14Cl3N3O3S/c1-11-7-18-17(9-15(11)26)29-24(34-18)30-20(13-3-2-6-28-10-13)19(22(32)23(30)33)21(31)12-4-5-14(25)16(27)8-12/h2-10,20,31H,1H3/b21-19+. The molecule has 4 aromatic rings. The Kier molecular flexibility index (Phi) is 5.81. The summed E-state index contributed by atoms with van der Waals surface area (Å²) in [5.74, 6) is -2.02. The minimum Gasteiger partial charge on any atom is -0.507 e. The third-order valence-corrected chi connectivity index (χ3v) is 7.66. The van der Waals surface area contributed by atoms with Gasteiger partial charge in [0.15, 0.2) is 5.13 Å². The second kappa shape index (κ2) is 8.67. The number of hydrogen-bond acceptors (Lipinski definition) is 6. The quantitative estimate of drug-likeness (QED) is 0.184. The van der Waals surface area contributed by atoms with Gasteiger partial charge in [-0.15, -0.1) is 0 Å². The van der Waals surface area contributed by atoms with Gasteiger partial charge in [0, 0.05) is 23.0 Å². The molecule has 0 saturated carbocycles. The van der Waals surface area contributed by atoms with E-state index in [9.17, 15) is 14.7 Å². The molecule has 1 unspecified atom stereocenters. The highest BCUT2D eigenvalue weighted by atomic mass is 35.5. The summed E-state index contributed by atoms with van der Waals surface area (Å²) in [4.78, 5) is 36.5. The fourth-order valence-electron chi connectivity index (χ4n) is 3.82. The molecule has 10 heteroatoms. The van der Waals surface area contributed by atoms with E-state index in [4.69, 9.17) is 34.8 Å². The minimum absolute atomic E-state index is 0.0927. The van der Waals surface area contributed by atoms with Crippen molar-refractivity contribution in [2.24, 2.45) is 0 Å². The van der Waals surface area contributed by atoms with E-state index in [1.807, 2.05) is 13.0 Å². The van der Waals surface area contributed by atoms with E-state index >= 15 is 0 Å². The van der Waals surface area contributed by atoms with Crippen molar-refractivity contribution < 1.29 is 14.7 Å². The topological polar surface area (TPSA) is 83.4 Å². The van der Waals surface area contributed by atoms with Gasteiger partial charge in [-0.3, -0.25) is 19.5 Å². The first kappa shape index (κ1) is 22.8. The predicted octanol–water partition coefficient (Wildman–Crippen LogP) is 6.59. The molecule has 1 N–H and O–H groups in total. The lowest BCUT2D eigenvalue weighted by molar-refractivity contribution is -0.132. The van der Waals surface area contributed by atoms with Gasteiger partial charge < -0.3 is 5.11 Å². The molecule has 1 aliphatic rings. The summed E-state index contributed by atoms with van der Waals surface area (Å²) in [5, 5.41) is 12.5. The number of nitrogens with zero attached hydrogens (tertiary/aromatic N) is 3. The van der Waals surface area contributed by atoms with Crippen LogP contribution in [0.3, 0.4) is 0 Å². The lowest BCUT2D eigenvalue weighted by Gasteiger charge is -2.22. The van der Waals surface area contributed by atoms with E-state index in [1.165, 1.54) is 34.4 Å². The molecule has 5 rings (SSSR count). The predicted molar refractivity (Wildman–Crippen MR) is 135 cm³/mol. The van der Waals surface area contributed by atoms with Gasteiger partial charge in [0.1, 0.15) is 5.76 Å². The van der Waals surface area contributed by atoms with Gasteiger partial charge in [0.2, 0.25) is 0 Å². The Balaban J connectivity index is 1.73. The van der Waals surface area contributed by atoms with Gasteiger partial charge in [0.25, 0.3) is 5.78 Å². The van der Waals surface area contributed by atoms with Crippen LogP contribution in [0.1, 0.15) is 22.7 Å². The molecule has 6 nitrogen and oxygen atoms in total. The molecule has 1 fully saturated rings. The molecule has 2 aromatic carbocycles. The number of anilines is 1. The van der Waals surface area contributed by atoms with Crippen molar-refractivity contribution in [1.29, 1.82) is 0 Å². The average molecular weight is 531 g/mol. The maximum absolute atomic E-state index is 13.3. The van der Waals surface area contributed by atoms with Crippen LogP contribution in [0.5, 0.6) is 0 Å². The first-order valence-electron chi connectivity index (χ1n) is 9.99. The Morgan fingerprint density at radius 2 is 1.85 bits per heavy atom. The number of fused-ring (bicyclic) bond motifs is 1. The van der Waals surface area contributed by atoms with Crippen LogP contribution in [0.15, 0.2) is 60.4 Å². The lowest BCUT2D eigenvalue weighted by atomic mass is 9.96. The molecule has 3 heterocycles. The summed E-state index contributed by atoms with van der Waals surface area (Å²) < 4.78 is 0.813. The van der Waals surface area contributed by atoms with Gasteiger partial charge in [0.05, 0.1) is 31.9 Å². The number of hydrogen-bond donors (Lipinski definition) is 1. The maximum Gasteiger partial charge on any atom is 0.301 e. The Hall–Kier alpha value is -2.97. The van der Waals surface area contributed by atoms with Crippen molar-refractivity contribution in [2.45, 2.75) is 13.0 Å². The van der Waals surface area contributed by atoms with Crippen LogP contribution in [0.25, 0.3) is 16.0 Å². The number of halogens is 3. The third-order valence-electron chi connectivity index (χ3n) is 5.50. The zero-order chi connectivity index (χ0) is 24.1. The zero-order valence-electron chi connectivity index (χ0n) is 17.4. The van der Waals surface area contributed by atoms with Crippen LogP contribution >= 0.6 is 46.1 Å². The van der Waals surface area contributed by atoms with E-state index in [1.54, 1.807) is 30.6 Å². The van der Waals surface area contributed by atoms with Gasteiger partial charge in [-0.25, -0.2) is 4.98 Å². The molecule has 1 saturated heterocycles. The van der Waals surface area contributed by atoms with E-state index in [0.29, 0.717) is 26.3 Å². The summed E-state index contributed by atoms with van der Waals surface area (Å²) in [5.41, 5.74) is 2.18. The number of amides is 1. The summed E-state index contributed by atoms with van der Waals surface area (Å²) in [6, 6.07) is 10.5. The lowest BCUT2D eigenvalue weighted by Crippen LogP contribution is -2.29. The summed E-state index contributed by atoms with van der Waals surface area (Å²) in [6.45, 7) is 1.88. The van der Waals surface area contributed by atoms with Crippen LogP contribution in [0.2, 0.25) is 15.1 Å². The zero-order valence-corrected chi connectivity index (χ0v) is 20.5. The third kappa shape index (κ3) is 3.75. The SMILES string of the molecule is Cc1cc2sc(N3C(=O)C(=O)/C(=C(/O)c4ccc(Cl)c(Cl)c4)C3c3cccnc3)nc2cc1Cl. The fourth-order valence-corrected chi connectivity index (χ4v) is 5.35. The van der Waals surface area contributed by atoms with Gasteiger partial charge in [-0.2, -0.15) is 0 Å². The first-order chi connectivity index (χ1) is 16.3. The van der Waals surface area contributed by atoms with Crippen LogP contribution < -0.4 is 4.90 Å². The highest BCUT2D eigenvalue weighted by Crippen LogP contribution is 2.44. The first-order valence-corrected chi connectivity index (χ1v) is 11.9. The number of aromatic nitrogens is 2. The number of rotatable bonds is 3. The van der Waals surface area contributed by atoms with Crippen molar-refractivity contribution in [1.82, 2.24) is 9.97 Å². The minimum atomic E-state index is -0.944. The number of aliphatic hydroxyl groups excluding tert-OH is 1. The number of aryl methyl sites for hydroxylation is 1. The number of aliphatic hydroxyl groups is 1. The van der Waals surface area contributed by atoms with Gasteiger partial charge in [-0.1, -0.05) is 52.2 Å². The summed E-state index contributed by atoms with van der Waals surface area (Å²) >= 11 is 19.6. The Morgan fingerprint density at radius 1 is 1.06 bits per heavy atom. The van der Waals surface area contributed by atoms with Gasteiger partial charge >= 0.3 is 5.91 Å². The molecule has 2 aromatic heterocycles. The monoisotopic (exact) mass is 529 g/mol. The summed E-state index contributed by atoms with van der Waals surface area (Å²) in [6.07, 6.45) is 3.12. The number of Topliss-reactive ketones (excluding diaryl/α,β-unsaturated/α-hetero) is 1. The van der Waals surface area contributed by atoms with Crippen LogP contribution in [-0.2, 0) is 9.59 Å². The molecule has 1 amide bonds. The molecular weight excluding hydrogens is 517 g/mol. The molecule has 0 radical (unpaired) electrons. The molecule has 170 valence electrons. The molecule has 1 aliphatic heterocycles. The van der Waals surface area contributed by atoms with Crippen molar-refractivity contribution in [3.05, 3.63) is 92.2 Å². The molecule has 0 bridgehead atoms. The fraction of sp³-hybridized carbons (Fsp3) is 0.0833. The summed E-state index contributed by atoms with van der Waals surface area (Å²) in [7, 11) is 0. The molecule has 34 heavy (non-hydrogen) atoms. The van der Waals surface area contributed by atoms with Crippen LogP contribution in [0.4, 0.5) is 5.13 Å². The van der Waals surface area contributed by atoms with E-state index in [-0.39, 0.29) is 21.9 Å². The van der Waals surface area contributed by atoms with Crippen molar-refractivity contribution in [3.63, 3.8) is 0 Å². The maximum atomic E-state index is 13.3. The van der Waals surface area contributed by atoms with E-state index in [2.05, 4.69) is 9.97 Å². The van der Waals surface area contributed by atoms with Crippen molar-refractivity contribution in [2.75, 3.05) is 4.90 Å². The number of ketones is 1. The van der Waals surface area contributed by atoms with E-state index in [0.717, 1.165) is 10.3 Å². The second-order valence-electron chi connectivity index (χ2n) is 7.65. The Labute approximate surface area is 213 Å². The average Bonchev–Trinajstić information content (AvgIpc) is 3.33. The van der Waals surface area contributed by atoms with Crippen LogP contribution in [-0.4, -0.2) is 26.8 Å². The Morgan fingerprint density at radius 3 is 2.56 bits per heavy atom. The van der Waals surface area contributed by atoms with Crippen molar-refractivity contribution >= 4 is 78.9 Å². The normalized spacial score (nSPS) is 17.6. The second-order valence-corrected chi connectivity index (χ2v) is 9.88. The molecular formula is C24H14Cl3N3O3S. The molecule has 1 atom stereocenters. The largest absolute Gasteiger partial charge is 0.507 e. The van der Waals surface area contributed by atoms with E-state index < -0.39 is 17.7 Å². The molecule has 0 spiro atoms. The number of thiazole rings is 1. The highest BCUT2D eigenvalue weighted by molar-refractivity contribution is 7.22. The number of pyridine rings is 1. The highest BCUT2D eigenvalue weighted by Gasteiger charge is 2.48. The molecule has 0 aliphatic carbocycles. The number of carbonyl (C=O) groups is 2. The van der Waals surface area contributed by atoms with Gasteiger partial charge in [-0.05, 0) is 54.4 Å². The Bertz CT molecular complexity index is 1480. The van der Waals surface area contributed by atoms with Crippen LogP contribution in [0, 0.1) is 6.92 Å². The number of carbonyl (C=O) groups excluding carboxylic acids is 2. The number of benzene rings is 2.